The van der Waals surface area contributed by atoms with Gasteiger partial charge in [0.2, 0.25) is 0 Å². The highest BCUT2D eigenvalue weighted by molar-refractivity contribution is 4.94. The first kappa shape index (κ1) is 11.5. The molecule has 6 heteroatoms. The molecule has 1 heterocycles. The molecule has 1 saturated carbocycles. The number of hydrogen-bond acceptors (Lipinski definition) is 5. The maximum atomic E-state index is 9.84. The third-order valence-corrected chi connectivity index (χ3v) is 2.96. The quantitative estimate of drug-likeness (QED) is 0.596. The summed E-state index contributed by atoms with van der Waals surface area (Å²) in [6, 6.07) is 0. The van der Waals surface area contributed by atoms with Crippen LogP contribution in [0.5, 0.6) is 0 Å². The fourth-order valence-electron chi connectivity index (χ4n) is 1.82. The molecule has 0 aromatic carbocycles. The zero-order chi connectivity index (χ0) is 11.4. The second-order valence-corrected chi connectivity index (χ2v) is 4.38. The lowest BCUT2D eigenvalue weighted by Crippen LogP contribution is -2.46. The Morgan fingerprint density at radius 1 is 1.50 bits per heavy atom. The van der Waals surface area contributed by atoms with Gasteiger partial charge in [0.1, 0.15) is 0 Å². The van der Waals surface area contributed by atoms with Crippen LogP contribution in [0.3, 0.4) is 0 Å². The van der Waals surface area contributed by atoms with E-state index in [4.69, 9.17) is 5.11 Å². The molecule has 6 nitrogen and oxygen atoms in total. The Labute approximate surface area is 94.3 Å². The molecular formula is C10H18N4O2. The van der Waals surface area contributed by atoms with Gasteiger partial charge in [-0.25, -0.2) is 4.68 Å². The normalized spacial score (nSPS) is 18.4. The summed E-state index contributed by atoms with van der Waals surface area (Å²) in [7, 11) is 0. The summed E-state index contributed by atoms with van der Waals surface area (Å²) in [6.45, 7) is 1.75. The van der Waals surface area contributed by atoms with Gasteiger partial charge in [0.25, 0.3) is 0 Å². The number of aromatic nitrogens is 3. The minimum absolute atomic E-state index is 0.0655. The fraction of sp³-hybridized carbons (Fsp3) is 0.800. The Bertz CT molecular complexity index is 335. The molecule has 1 aromatic rings. The first-order valence-electron chi connectivity index (χ1n) is 5.65. The van der Waals surface area contributed by atoms with E-state index in [9.17, 15) is 5.11 Å². The molecule has 0 bridgehead atoms. The highest BCUT2D eigenvalue weighted by atomic mass is 16.3. The van der Waals surface area contributed by atoms with Crippen LogP contribution in [0.4, 0.5) is 0 Å². The molecular weight excluding hydrogens is 208 g/mol. The summed E-state index contributed by atoms with van der Waals surface area (Å²) in [5.74, 6) is 0. The van der Waals surface area contributed by atoms with E-state index in [2.05, 4.69) is 15.6 Å². The van der Waals surface area contributed by atoms with Gasteiger partial charge in [-0.15, -0.1) is 5.10 Å². The Morgan fingerprint density at radius 2 is 2.31 bits per heavy atom. The zero-order valence-corrected chi connectivity index (χ0v) is 9.26. The molecule has 1 fully saturated rings. The number of aliphatic hydroxyl groups is 2. The van der Waals surface area contributed by atoms with Crippen LogP contribution in [-0.4, -0.2) is 44.0 Å². The van der Waals surface area contributed by atoms with Crippen LogP contribution >= 0.6 is 0 Å². The van der Waals surface area contributed by atoms with E-state index in [1.807, 2.05) is 0 Å². The van der Waals surface area contributed by atoms with E-state index in [0.717, 1.165) is 25.0 Å². The van der Waals surface area contributed by atoms with E-state index < -0.39 is 5.60 Å². The van der Waals surface area contributed by atoms with Crippen LogP contribution in [0.25, 0.3) is 0 Å². The minimum Gasteiger partial charge on any atom is -0.394 e. The SMILES string of the molecule is OCCn1cc(CNCC2(O)CCC2)nn1. The van der Waals surface area contributed by atoms with Crippen LogP contribution in [0.2, 0.25) is 0 Å². The Kier molecular flexibility index (Phi) is 3.52. The smallest absolute Gasteiger partial charge is 0.0964 e. The third-order valence-electron chi connectivity index (χ3n) is 2.96. The van der Waals surface area contributed by atoms with Crippen LogP contribution in [-0.2, 0) is 13.1 Å². The summed E-state index contributed by atoms with van der Waals surface area (Å²) < 4.78 is 1.61. The molecule has 90 valence electrons. The third kappa shape index (κ3) is 2.78. The van der Waals surface area contributed by atoms with Crippen LogP contribution < -0.4 is 5.32 Å². The first-order valence-corrected chi connectivity index (χ1v) is 5.65. The molecule has 0 amide bonds. The molecule has 0 radical (unpaired) electrons. The van der Waals surface area contributed by atoms with Crippen molar-refractivity contribution in [1.82, 2.24) is 20.3 Å². The van der Waals surface area contributed by atoms with Crippen molar-refractivity contribution >= 4 is 0 Å². The van der Waals surface area contributed by atoms with Crippen molar-refractivity contribution in [2.45, 2.75) is 38.0 Å². The van der Waals surface area contributed by atoms with Gasteiger partial charge in [0.05, 0.1) is 24.4 Å². The number of aliphatic hydroxyl groups excluding tert-OH is 1. The summed E-state index contributed by atoms with van der Waals surface area (Å²) >= 11 is 0. The predicted octanol–water partition coefficient (Wildman–Crippen LogP) is -0.725. The topological polar surface area (TPSA) is 83.2 Å². The Morgan fingerprint density at radius 3 is 2.94 bits per heavy atom. The molecule has 1 aliphatic rings. The highest BCUT2D eigenvalue weighted by Gasteiger charge is 2.33. The second kappa shape index (κ2) is 4.90. The number of hydrogen-bond donors (Lipinski definition) is 3. The highest BCUT2D eigenvalue weighted by Crippen LogP contribution is 2.30. The van der Waals surface area contributed by atoms with Gasteiger partial charge in [-0.3, -0.25) is 0 Å². The average molecular weight is 226 g/mol. The predicted molar refractivity (Wildman–Crippen MR) is 57.6 cm³/mol. The van der Waals surface area contributed by atoms with Crippen molar-refractivity contribution in [2.75, 3.05) is 13.2 Å². The molecule has 1 aliphatic carbocycles. The molecule has 0 saturated heterocycles. The summed E-state index contributed by atoms with van der Waals surface area (Å²) in [6.07, 6.45) is 4.69. The Balaban J connectivity index is 1.72. The van der Waals surface area contributed by atoms with Gasteiger partial charge in [-0.2, -0.15) is 0 Å². The van der Waals surface area contributed by atoms with E-state index in [0.29, 0.717) is 19.6 Å². The van der Waals surface area contributed by atoms with E-state index in [-0.39, 0.29) is 6.61 Å². The lowest BCUT2D eigenvalue weighted by molar-refractivity contribution is -0.0315. The maximum Gasteiger partial charge on any atom is 0.0964 e. The van der Waals surface area contributed by atoms with E-state index in [1.54, 1.807) is 10.9 Å². The first-order chi connectivity index (χ1) is 7.72. The van der Waals surface area contributed by atoms with Crippen molar-refractivity contribution in [2.24, 2.45) is 0 Å². The molecule has 0 unspecified atom stereocenters. The summed E-state index contributed by atoms with van der Waals surface area (Å²) in [5, 5.41) is 29.5. The van der Waals surface area contributed by atoms with Gasteiger partial charge in [-0.05, 0) is 19.3 Å². The molecule has 2 rings (SSSR count). The molecule has 0 spiro atoms. The van der Waals surface area contributed by atoms with Gasteiger partial charge in [0.15, 0.2) is 0 Å². The molecule has 0 atom stereocenters. The second-order valence-electron chi connectivity index (χ2n) is 4.38. The molecule has 3 N–H and O–H groups in total. The standard InChI is InChI=1S/C10H18N4O2/c15-5-4-14-7-9(12-13-14)6-11-8-10(16)2-1-3-10/h7,11,15-16H,1-6,8H2. The van der Waals surface area contributed by atoms with Gasteiger partial charge >= 0.3 is 0 Å². The van der Waals surface area contributed by atoms with Crippen molar-refractivity contribution in [1.29, 1.82) is 0 Å². The summed E-state index contributed by atoms with van der Waals surface area (Å²) in [5.41, 5.74) is 0.331. The summed E-state index contributed by atoms with van der Waals surface area (Å²) in [4.78, 5) is 0. The van der Waals surface area contributed by atoms with Gasteiger partial charge < -0.3 is 15.5 Å². The lowest BCUT2D eigenvalue weighted by Gasteiger charge is -2.36. The van der Waals surface area contributed by atoms with Gasteiger partial charge in [-0.1, -0.05) is 5.21 Å². The Hall–Kier alpha value is -0.980. The maximum absolute atomic E-state index is 9.84. The van der Waals surface area contributed by atoms with E-state index >= 15 is 0 Å². The van der Waals surface area contributed by atoms with Crippen molar-refractivity contribution < 1.29 is 10.2 Å². The molecule has 16 heavy (non-hydrogen) atoms. The molecule has 0 aliphatic heterocycles. The fourth-order valence-corrected chi connectivity index (χ4v) is 1.82. The zero-order valence-electron chi connectivity index (χ0n) is 9.26. The number of rotatable bonds is 6. The monoisotopic (exact) mass is 226 g/mol. The van der Waals surface area contributed by atoms with Crippen molar-refractivity contribution in [3.8, 4) is 0 Å². The largest absolute Gasteiger partial charge is 0.394 e. The minimum atomic E-state index is -0.499. The number of nitrogens with one attached hydrogen (secondary N) is 1. The van der Waals surface area contributed by atoms with Crippen LogP contribution in [0.15, 0.2) is 6.20 Å². The number of nitrogens with zero attached hydrogens (tertiary/aromatic N) is 3. The molecule has 1 aromatic heterocycles. The lowest BCUT2D eigenvalue weighted by atomic mass is 9.80. The average Bonchev–Trinajstić information content (AvgIpc) is 2.64. The van der Waals surface area contributed by atoms with Crippen molar-refractivity contribution in [3.05, 3.63) is 11.9 Å². The van der Waals surface area contributed by atoms with Crippen LogP contribution in [0.1, 0.15) is 25.0 Å². The van der Waals surface area contributed by atoms with Crippen molar-refractivity contribution in [3.63, 3.8) is 0 Å². The van der Waals surface area contributed by atoms with Crippen LogP contribution in [0, 0.1) is 0 Å². The van der Waals surface area contributed by atoms with E-state index in [1.165, 1.54) is 0 Å². The van der Waals surface area contributed by atoms with Gasteiger partial charge in [0, 0.05) is 19.3 Å².